The Morgan fingerprint density at radius 2 is 1.91 bits per heavy atom. The monoisotopic (exact) mass is 309 g/mol. The van der Waals surface area contributed by atoms with Crippen LogP contribution in [0.5, 0.6) is 0 Å². The van der Waals surface area contributed by atoms with Gasteiger partial charge in [0.05, 0.1) is 17.6 Å². The molecule has 5 nitrogen and oxygen atoms in total. The number of imidazole rings is 1. The van der Waals surface area contributed by atoms with E-state index in [0.717, 1.165) is 31.7 Å². The predicted molar refractivity (Wildman–Crippen MR) is 91.4 cm³/mol. The lowest BCUT2D eigenvalue weighted by molar-refractivity contribution is 0.199. The van der Waals surface area contributed by atoms with Gasteiger partial charge in [-0.15, -0.1) is 0 Å². The minimum atomic E-state index is 0.577. The fourth-order valence-electron chi connectivity index (χ4n) is 3.62. The first-order chi connectivity index (χ1) is 11.3. The fraction of sp³-hybridized carbons (Fsp3) is 0.444. The van der Waals surface area contributed by atoms with Crippen molar-refractivity contribution >= 4 is 11.0 Å². The van der Waals surface area contributed by atoms with Crippen molar-refractivity contribution in [1.82, 2.24) is 24.2 Å². The minimum Gasteiger partial charge on any atom is -0.331 e. The van der Waals surface area contributed by atoms with Crippen molar-refractivity contribution in [2.45, 2.75) is 25.3 Å². The molecule has 2 aromatic heterocycles. The van der Waals surface area contributed by atoms with E-state index in [1.165, 1.54) is 24.2 Å². The summed E-state index contributed by atoms with van der Waals surface area (Å²) >= 11 is 0. The highest BCUT2D eigenvalue weighted by atomic mass is 15.3. The molecule has 0 saturated carbocycles. The SMILES string of the molecule is Cn1c(C2CCN(CCn3cccn3)CC2)nc2ccccc21. The van der Waals surface area contributed by atoms with Gasteiger partial charge in [0, 0.05) is 31.9 Å². The lowest BCUT2D eigenvalue weighted by Crippen LogP contribution is -2.35. The zero-order valence-corrected chi connectivity index (χ0v) is 13.6. The van der Waals surface area contributed by atoms with Crippen LogP contribution in [0.3, 0.4) is 0 Å². The van der Waals surface area contributed by atoms with Gasteiger partial charge in [0.2, 0.25) is 0 Å². The van der Waals surface area contributed by atoms with Gasteiger partial charge in [0.1, 0.15) is 5.82 Å². The summed E-state index contributed by atoms with van der Waals surface area (Å²) in [4.78, 5) is 7.42. The topological polar surface area (TPSA) is 38.9 Å². The van der Waals surface area contributed by atoms with E-state index in [4.69, 9.17) is 4.98 Å². The maximum atomic E-state index is 4.88. The standard InChI is InChI=1S/C18H23N5/c1-21-17-6-3-2-5-16(17)20-18(21)15-7-11-22(12-8-15)13-14-23-10-4-9-19-23/h2-6,9-10,15H,7-8,11-14H2,1H3. The van der Waals surface area contributed by atoms with E-state index in [9.17, 15) is 0 Å². The molecule has 0 spiro atoms. The Kier molecular flexibility index (Phi) is 3.87. The number of aromatic nitrogens is 4. The van der Waals surface area contributed by atoms with E-state index >= 15 is 0 Å². The normalized spacial score (nSPS) is 17.1. The molecule has 23 heavy (non-hydrogen) atoms. The van der Waals surface area contributed by atoms with Crippen molar-refractivity contribution in [2.24, 2.45) is 7.05 Å². The van der Waals surface area contributed by atoms with Gasteiger partial charge in [-0.2, -0.15) is 5.10 Å². The molecule has 1 saturated heterocycles. The predicted octanol–water partition coefficient (Wildman–Crippen LogP) is 2.65. The smallest absolute Gasteiger partial charge is 0.112 e. The van der Waals surface area contributed by atoms with Crippen molar-refractivity contribution in [3.8, 4) is 0 Å². The summed E-state index contributed by atoms with van der Waals surface area (Å²) in [6.45, 7) is 4.35. The first kappa shape index (κ1) is 14.5. The van der Waals surface area contributed by atoms with Crippen LogP contribution in [-0.4, -0.2) is 43.9 Å². The average Bonchev–Trinajstić information content (AvgIpc) is 3.22. The molecule has 3 heterocycles. The Bertz CT molecular complexity index is 766. The van der Waals surface area contributed by atoms with Crippen molar-refractivity contribution in [3.63, 3.8) is 0 Å². The number of para-hydroxylation sites is 2. The molecule has 0 aliphatic carbocycles. The highest BCUT2D eigenvalue weighted by Gasteiger charge is 2.24. The molecule has 3 aromatic rings. The van der Waals surface area contributed by atoms with Crippen LogP contribution < -0.4 is 0 Å². The number of fused-ring (bicyclic) bond motifs is 1. The third-order valence-electron chi connectivity index (χ3n) is 4.98. The maximum absolute atomic E-state index is 4.88. The number of likely N-dealkylation sites (tertiary alicyclic amines) is 1. The molecular weight excluding hydrogens is 286 g/mol. The second-order valence-corrected chi connectivity index (χ2v) is 6.40. The van der Waals surface area contributed by atoms with Crippen LogP contribution in [-0.2, 0) is 13.6 Å². The van der Waals surface area contributed by atoms with Crippen LogP contribution in [0.15, 0.2) is 42.7 Å². The van der Waals surface area contributed by atoms with E-state index < -0.39 is 0 Å². The van der Waals surface area contributed by atoms with Crippen LogP contribution in [0.4, 0.5) is 0 Å². The van der Waals surface area contributed by atoms with Gasteiger partial charge in [0.15, 0.2) is 0 Å². The number of piperidine rings is 1. The number of hydrogen-bond donors (Lipinski definition) is 0. The molecule has 0 radical (unpaired) electrons. The average molecular weight is 309 g/mol. The molecule has 0 bridgehead atoms. The number of aryl methyl sites for hydroxylation is 1. The second kappa shape index (κ2) is 6.16. The van der Waals surface area contributed by atoms with Gasteiger partial charge in [-0.1, -0.05) is 12.1 Å². The Labute approximate surface area is 136 Å². The molecular formula is C18H23N5. The third-order valence-corrected chi connectivity index (χ3v) is 4.98. The minimum absolute atomic E-state index is 0.577. The zero-order valence-electron chi connectivity index (χ0n) is 13.6. The van der Waals surface area contributed by atoms with Gasteiger partial charge < -0.3 is 9.47 Å². The summed E-state index contributed by atoms with van der Waals surface area (Å²) in [5.74, 6) is 1.83. The maximum Gasteiger partial charge on any atom is 0.112 e. The van der Waals surface area contributed by atoms with E-state index in [1.54, 1.807) is 0 Å². The van der Waals surface area contributed by atoms with Crippen molar-refractivity contribution < 1.29 is 0 Å². The first-order valence-corrected chi connectivity index (χ1v) is 8.42. The van der Waals surface area contributed by atoms with Crippen molar-refractivity contribution in [1.29, 1.82) is 0 Å². The molecule has 5 heteroatoms. The molecule has 0 N–H and O–H groups in total. The molecule has 1 aliphatic heterocycles. The van der Waals surface area contributed by atoms with Crippen LogP contribution in [0.1, 0.15) is 24.6 Å². The van der Waals surface area contributed by atoms with Gasteiger partial charge >= 0.3 is 0 Å². The van der Waals surface area contributed by atoms with Crippen LogP contribution in [0.25, 0.3) is 11.0 Å². The summed E-state index contributed by atoms with van der Waals surface area (Å²) in [7, 11) is 2.15. The van der Waals surface area contributed by atoms with Crippen LogP contribution in [0, 0.1) is 0 Å². The molecule has 4 rings (SSSR count). The largest absolute Gasteiger partial charge is 0.331 e. The van der Waals surface area contributed by atoms with Gasteiger partial charge in [0.25, 0.3) is 0 Å². The number of nitrogens with zero attached hydrogens (tertiary/aromatic N) is 5. The number of rotatable bonds is 4. The fourth-order valence-corrected chi connectivity index (χ4v) is 3.62. The molecule has 0 atom stereocenters. The molecule has 1 fully saturated rings. The molecule has 1 aliphatic rings. The summed E-state index contributed by atoms with van der Waals surface area (Å²) in [6, 6.07) is 10.4. The van der Waals surface area contributed by atoms with Gasteiger partial charge in [-0.25, -0.2) is 4.98 Å². The molecule has 0 amide bonds. The van der Waals surface area contributed by atoms with Crippen LogP contribution in [0.2, 0.25) is 0 Å². The summed E-state index contributed by atoms with van der Waals surface area (Å²) in [5, 5.41) is 4.28. The van der Waals surface area contributed by atoms with Crippen molar-refractivity contribution in [3.05, 3.63) is 48.5 Å². The summed E-state index contributed by atoms with van der Waals surface area (Å²) in [5.41, 5.74) is 2.36. The summed E-state index contributed by atoms with van der Waals surface area (Å²) < 4.78 is 4.29. The Balaban J connectivity index is 1.39. The van der Waals surface area contributed by atoms with E-state index in [0.29, 0.717) is 5.92 Å². The lowest BCUT2D eigenvalue weighted by atomic mass is 9.96. The van der Waals surface area contributed by atoms with Crippen molar-refractivity contribution in [2.75, 3.05) is 19.6 Å². The van der Waals surface area contributed by atoms with E-state index in [1.807, 2.05) is 23.1 Å². The third kappa shape index (κ3) is 2.88. The quantitative estimate of drug-likeness (QED) is 0.744. The Morgan fingerprint density at radius 1 is 1.09 bits per heavy atom. The molecule has 1 aromatic carbocycles. The zero-order chi connectivity index (χ0) is 15.6. The molecule has 0 unspecified atom stereocenters. The van der Waals surface area contributed by atoms with Crippen LogP contribution >= 0.6 is 0 Å². The van der Waals surface area contributed by atoms with E-state index in [2.05, 4.69) is 45.9 Å². The Hall–Kier alpha value is -2.14. The van der Waals surface area contributed by atoms with E-state index in [-0.39, 0.29) is 0 Å². The van der Waals surface area contributed by atoms with Gasteiger partial charge in [-0.05, 0) is 44.1 Å². The highest BCUT2D eigenvalue weighted by molar-refractivity contribution is 5.75. The number of hydrogen-bond acceptors (Lipinski definition) is 3. The molecule has 120 valence electrons. The Morgan fingerprint density at radius 3 is 2.65 bits per heavy atom. The first-order valence-electron chi connectivity index (χ1n) is 8.42. The highest BCUT2D eigenvalue weighted by Crippen LogP contribution is 2.29. The van der Waals surface area contributed by atoms with Gasteiger partial charge in [-0.3, -0.25) is 4.68 Å². The second-order valence-electron chi connectivity index (χ2n) is 6.40. The lowest BCUT2D eigenvalue weighted by Gasteiger charge is -2.31. The number of benzene rings is 1. The summed E-state index contributed by atoms with van der Waals surface area (Å²) in [6.07, 6.45) is 6.26.